The smallest absolute Gasteiger partial charge is 0.337 e. The maximum atomic E-state index is 12.9. The van der Waals surface area contributed by atoms with Crippen LogP contribution < -0.4 is 0 Å². The summed E-state index contributed by atoms with van der Waals surface area (Å²) in [7, 11) is -2.36. The molecule has 1 aromatic heterocycles. The Morgan fingerprint density at radius 1 is 1.26 bits per heavy atom. The summed E-state index contributed by atoms with van der Waals surface area (Å²) in [6.07, 6.45) is 3.22. The predicted octanol–water partition coefficient (Wildman–Crippen LogP) is 2.42. The number of furan rings is 1. The van der Waals surface area contributed by atoms with E-state index in [2.05, 4.69) is 4.74 Å². The molecule has 1 aliphatic carbocycles. The van der Waals surface area contributed by atoms with Crippen molar-refractivity contribution >= 4 is 16.0 Å². The van der Waals surface area contributed by atoms with Gasteiger partial charge in [-0.3, -0.25) is 0 Å². The van der Waals surface area contributed by atoms with E-state index in [-0.39, 0.29) is 17.5 Å². The van der Waals surface area contributed by atoms with Gasteiger partial charge < -0.3 is 9.15 Å². The van der Waals surface area contributed by atoms with Gasteiger partial charge in [0.1, 0.15) is 5.76 Å². The van der Waals surface area contributed by atoms with Crippen LogP contribution in [0.2, 0.25) is 0 Å². The summed E-state index contributed by atoms with van der Waals surface area (Å²) in [5.41, 5.74) is 0.315. The Morgan fingerprint density at radius 3 is 2.48 bits per heavy atom. The van der Waals surface area contributed by atoms with Gasteiger partial charge in [0.05, 0.1) is 30.4 Å². The van der Waals surface area contributed by atoms with E-state index in [1.54, 1.807) is 12.1 Å². The summed E-state index contributed by atoms with van der Waals surface area (Å²) in [5, 5.41) is 0. The van der Waals surface area contributed by atoms with Crippen LogP contribution in [0.1, 0.15) is 29.0 Å². The lowest BCUT2D eigenvalue weighted by Gasteiger charge is -2.21. The number of sulfonamides is 1. The third-order valence-corrected chi connectivity index (χ3v) is 5.64. The Morgan fingerprint density at radius 2 is 1.96 bits per heavy atom. The number of ether oxygens (including phenoxy) is 1. The molecule has 6 nitrogen and oxygen atoms in total. The average Bonchev–Trinajstić information content (AvgIpc) is 3.27. The summed E-state index contributed by atoms with van der Waals surface area (Å²) in [6.45, 7) is 0.207. The predicted molar refractivity (Wildman–Crippen MR) is 82.2 cm³/mol. The Bertz CT molecular complexity index is 776. The van der Waals surface area contributed by atoms with Gasteiger partial charge in [0, 0.05) is 6.04 Å². The highest BCUT2D eigenvalue weighted by atomic mass is 32.2. The molecule has 0 radical (unpaired) electrons. The van der Waals surface area contributed by atoms with Crippen molar-refractivity contribution in [3.05, 3.63) is 54.0 Å². The fourth-order valence-electron chi connectivity index (χ4n) is 2.35. The summed E-state index contributed by atoms with van der Waals surface area (Å²) in [4.78, 5) is 11.6. The van der Waals surface area contributed by atoms with Gasteiger partial charge in [-0.2, -0.15) is 4.31 Å². The highest BCUT2D eigenvalue weighted by Crippen LogP contribution is 2.33. The molecule has 0 atom stereocenters. The molecule has 122 valence electrons. The van der Waals surface area contributed by atoms with Gasteiger partial charge in [0.2, 0.25) is 10.0 Å². The first-order valence-corrected chi connectivity index (χ1v) is 8.69. The lowest BCUT2D eigenvalue weighted by atomic mass is 10.2. The molecule has 7 heteroatoms. The SMILES string of the molecule is COC(=O)c1ccc(S(=O)(=O)N(Cc2ccco2)C2CC2)cc1. The second kappa shape index (κ2) is 6.17. The number of carbonyl (C=O) groups excluding carboxylic acids is 1. The monoisotopic (exact) mass is 335 g/mol. The number of carbonyl (C=O) groups is 1. The normalized spacial score (nSPS) is 14.9. The van der Waals surface area contributed by atoms with Crippen molar-refractivity contribution in [2.75, 3.05) is 7.11 Å². The summed E-state index contributed by atoms with van der Waals surface area (Å²) >= 11 is 0. The van der Waals surface area contributed by atoms with E-state index in [1.165, 1.54) is 41.9 Å². The highest BCUT2D eigenvalue weighted by Gasteiger charge is 2.38. The van der Waals surface area contributed by atoms with Gasteiger partial charge >= 0.3 is 5.97 Å². The van der Waals surface area contributed by atoms with E-state index in [9.17, 15) is 13.2 Å². The lowest BCUT2D eigenvalue weighted by molar-refractivity contribution is 0.0600. The summed E-state index contributed by atoms with van der Waals surface area (Å²) in [6, 6.07) is 9.26. The van der Waals surface area contributed by atoms with Crippen molar-refractivity contribution in [1.82, 2.24) is 4.31 Å². The zero-order chi connectivity index (χ0) is 16.4. The summed E-state index contributed by atoms with van der Waals surface area (Å²) in [5.74, 6) is 0.107. The minimum Gasteiger partial charge on any atom is -0.468 e. The molecule has 0 saturated heterocycles. The van der Waals surface area contributed by atoms with Crippen LogP contribution in [0.4, 0.5) is 0 Å². The Hall–Kier alpha value is -2.12. The fourth-order valence-corrected chi connectivity index (χ4v) is 4.00. The van der Waals surface area contributed by atoms with Gasteiger partial charge in [0.15, 0.2) is 0 Å². The maximum Gasteiger partial charge on any atom is 0.337 e. The molecule has 2 aromatic rings. The number of rotatable bonds is 6. The molecule has 0 unspecified atom stereocenters. The van der Waals surface area contributed by atoms with Crippen molar-refractivity contribution in [3.8, 4) is 0 Å². The molecule has 23 heavy (non-hydrogen) atoms. The molecule has 0 spiro atoms. The number of esters is 1. The van der Waals surface area contributed by atoms with Gasteiger partial charge in [-0.15, -0.1) is 0 Å². The fraction of sp³-hybridized carbons (Fsp3) is 0.312. The quantitative estimate of drug-likeness (QED) is 0.758. The van der Waals surface area contributed by atoms with Crippen LogP contribution in [-0.4, -0.2) is 31.8 Å². The van der Waals surface area contributed by atoms with E-state index in [1.807, 2.05) is 0 Å². The zero-order valence-corrected chi connectivity index (χ0v) is 13.5. The lowest BCUT2D eigenvalue weighted by Crippen LogP contribution is -2.32. The van der Waals surface area contributed by atoms with E-state index >= 15 is 0 Å². The van der Waals surface area contributed by atoms with Crippen molar-refractivity contribution in [2.24, 2.45) is 0 Å². The second-order valence-corrected chi connectivity index (χ2v) is 7.27. The first-order chi connectivity index (χ1) is 11.0. The first kappa shape index (κ1) is 15.8. The van der Waals surface area contributed by atoms with Crippen LogP contribution in [0.15, 0.2) is 52.0 Å². The molecule has 0 bridgehead atoms. The average molecular weight is 335 g/mol. The Labute approximate surface area is 134 Å². The molecule has 3 rings (SSSR count). The van der Waals surface area contributed by atoms with Crippen LogP contribution in [0, 0.1) is 0 Å². The van der Waals surface area contributed by atoms with E-state index < -0.39 is 16.0 Å². The van der Waals surface area contributed by atoms with Crippen LogP contribution in [0.3, 0.4) is 0 Å². The Balaban J connectivity index is 1.87. The summed E-state index contributed by atoms with van der Waals surface area (Å²) < 4.78 is 37.1. The van der Waals surface area contributed by atoms with Crippen LogP contribution >= 0.6 is 0 Å². The molecule has 1 heterocycles. The maximum absolute atomic E-state index is 12.9. The van der Waals surface area contributed by atoms with E-state index in [4.69, 9.17) is 4.42 Å². The first-order valence-electron chi connectivity index (χ1n) is 7.25. The van der Waals surface area contributed by atoms with Gasteiger partial charge in [-0.05, 0) is 49.2 Å². The Kier molecular flexibility index (Phi) is 4.23. The number of hydrogen-bond donors (Lipinski definition) is 0. The molecule has 0 N–H and O–H groups in total. The molecule has 0 aliphatic heterocycles. The molecule has 0 amide bonds. The molecular formula is C16H17NO5S. The minimum atomic E-state index is -3.64. The van der Waals surface area contributed by atoms with Crippen molar-refractivity contribution in [1.29, 1.82) is 0 Å². The number of nitrogens with zero attached hydrogens (tertiary/aromatic N) is 1. The van der Waals surface area contributed by atoms with E-state index in [0.717, 1.165) is 12.8 Å². The number of benzene rings is 1. The zero-order valence-electron chi connectivity index (χ0n) is 12.6. The van der Waals surface area contributed by atoms with Crippen molar-refractivity contribution in [2.45, 2.75) is 30.3 Å². The number of methoxy groups -OCH3 is 1. The van der Waals surface area contributed by atoms with E-state index in [0.29, 0.717) is 11.3 Å². The molecular weight excluding hydrogens is 318 g/mol. The third kappa shape index (κ3) is 3.30. The van der Waals surface area contributed by atoms with Gasteiger partial charge in [-0.1, -0.05) is 0 Å². The molecule has 1 fully saturated rings. The van der Waals surface area contributed by atoms with Crippen molar-refractivity contribution in [3.63, 3.8) is 0 Å². The van der Waals surface area contributed by atoms with Gasteiger partial charge in [0.25, 0.3) is 0 Å². The number of hydrogen-bond acceptors (Lipinski definition) is 5. The molecule has 1 saturated carbocycles. The van der Waals surface area contributed by atoms with Gasteiger partial charge in [-0.25, -0.2) is 13.2 Å². The van der Waals surface area contributed by atoms with Crippen LogP contribution in [-0.2, 0) is 21.3 Å². The van der Waals surface area contributed by atoms with Crippen LogP contribution in [0.5, 0.6) is 0 Å². The topological polar surface area (TPSA) is 76.8 Å². The molecule has 1 aromatic carbocycles. The largest absolute Gasteiger partial charge is 0.468 e. The standard InChI is InChI=1S/C16H17NO5S/c1-21-16(18)12-4-8-15(9-5-12)23(19,20)17(13-6-7-13)11-14-3-2-10-22-14/h2-5,8-10,13H,6-7,11H2,1H3. The second-order valence-electron chi connectivity index (χ2n) is 5.38. The van der Waals surface area contributed by atoms with Crippen LogP contribution in [0.25, 0.3) is 0 Å². The molecule has 1 aliphatic rings. The van der Waals surface area contributed by atoms with Crippen molar-refractivity contribution < 1.29 is 22.4 Å². The minimum absolute atomic E-state index is 0.00498. The third-order valence-electron chi connectivity index (χ3n) is 3.73. The highest BCUT2D eigenvalue weighted by molar-refractivity contribution is 7.89.